The minimum atomic E-state index is -0.430. The van der Waals surface area contributed by atoms with Crippen molar-refractivity contribution < 1.29 is 19.1 Å². The van der Waals surface area contributed by atoms with Gasteiger partial charge in [-0.2, -0.15) is 0 Å². The lowest BCUT2D eigenvalue weighted by molar-refractivity contribution is -0.154. The Hall–Kier alpha value is -2.38. The van der Waals surface area contributed by atoms with E-state index < -0.39 is 17.9 Å². The minimum Gasteiger partial charge on any atom is -0.393 e. The van der Waals surface area contributed by atoms with Crippen molar-refractivity contribution in [2.45, 2.75) is 6.92 Å². The molecule has 4 atom stereocenters. The van der Waals surface area contributed by atoms with Crippen molar-refractivity contribution in [2.75, 3.05) is 13.2 Å². The summed E-state index contributed by atoms with van der Waals surface area (Å²) in [5, 5.41) is 0. The molecule has 4 unspecified atom stereocenters. The normalized spacial score (nSPS) is 28.7. The summed E-state index contributed by atoms with van der Waals surface area (Å²) in [7, 11) is 0. The van der Waals surface area contributed by atoms with Crippen molar-refractivity contribution in [1.29, 1.82) is 0 Å². The number of benzene rings is 1. The second-order valence-electron chi connectivity index (χ2n) is 5.88. The monoisotopic (exact) mass is 310 g/mol. The minimum absolute atomic E-state index is 0.0214. The van der Waals surface area contributed by atoms with Gasteiger partial charge in [0.25, 0.3) is 0 Å². The van der Waals surface area contributed by atoms with Gasteiger partial charge in [-0.15, -0.1) is 0 Å². The van der Waals surface area contributed by atoms with Gasteiger partial charge in [0.15, 0.2) is 0 Å². The number of esters is 2. The van der Waals surface area contributed by atoms with E-state index in [1.54, 1.807) is 0 Å². The number of fused-ring (bicyclic) bond motifs is 1. The first-order chi connectivity index (χ1) is 11.2. The van der Waals surface area contributed by atoms with Crippen molar-refractivity contribution >= 4 is 11.9 Å². The molecular weight excluding hydrogens is 292 g/mol. The van der Waals surface area contributed by atoms with E-state index in [1.165, 1.54) is 0 Å². The van der Waals surface area contributed by atoms with E-state index in [9.17, 15) is 9.59 Å². The Balaban J connectivity index is 1.56. The highest BCUT2D eigenvalue weighted by atomic mass is 16.6. The van der Waals surface area contributed by atoms with Crippen LogP contribution < -0.4 is 0 Å². The van der Waals surface area contributed by atoms with Crippen molar-refractivity contribution in [3.8, 4) is 11.8 Å². The first-order valence-corrected chi connectivity index (χ1v) is 7.72. The van der Waals surface area contributed by atoms with E-state index in [-0.39, 0.29) is 24.4 Å². The molecule has 0 bridgehead atoms. The Bertz CT molecular complexity index is 680. The van der Waals surface area contributed by atoms with Crippen LogP contribution in [0.25, 0.3) is 0 Å². The molecule has 118 valence electrons. The molecule has 1 saturated heterocycles. The fourth-order valence-electron chi connectivity index (χ4n) is 3.13. The number of ether oxygens (including phenoxy) is 2. The summed E-state index contributed by atoms with van der Waals surface area (Å²) in [5.41, 5.74) is 0.938. The fourth-order valence-corrected chi connectivity index (χ4v) is 3.13. The Morgan fingerprint density at radius 3 is 2.61 bits per heavy atom. The lowest BCUT2D eigenvalue weighted by Crippen LogP contribution is -2.34. The molecule has 1 aromatic rings. The molecule has 0 N–H and O–H groups in total. The largest absolute Gasteiger partial charge is 0.393 e. The van der Waals surface area contributed by atoms with Crippen LogP contribution >= 0.6 is 0 Å². The van der Waals surface area contributed by atoms with Crippen molar-refractivity contribution in [3.05, 3.63) is 48.0 Å². The molecule has 1 aliphatic carbocycles. The molecule has 3 rings (SSSR count). The summed E-state index contributed by atoms with van der Waals surface area (Å²) in [6.45, 7) is 2.57. The summed E-state index contributed by atoms with van der Waals surface area (Å²) in [6.07, 6.45) is 3.92. The van der Waals surface area contributed by atoms with Gasteiger partial charge >= 0.3 is 11.9 Å². The molecule has 0 spiro atoms. The number of cyclic esters (lactones) is 2. The molecular formula is C19H18O4. The number of carbonyl (C=O) groups excluding carboxylic acids is 2. The third kappa shape index (κ3) is 3.35. The Kier molecular flexibility index (Phi) is 4.59. The third-order valence-electron chi connectivity index (χ3n) is 4.31. The van der Waals surface area contributed by atoms with Crippen LogP contribution in [0, 0.1) is 35.5 Å². The van der Waals surface area contributed by atoms with Crippen LogP contribution in [0.4, 0.5) is 0 Å². The van der Waals surface area contributed by atoms with E-state index in [0.29, 0.717) is 6.61 Å². The van der Waals surface area contributed by atoms with Crippen LogP contribution in [0.3, 0.4) is 0 Å². The average molecular weight is 310 g/mol. The van der Waals surface area contributed by atoms with Gasteiger partial charge in [-0.3, -0.25) is 9.59 Å². The molecule has 0 saturated carbocycles. The topological polar surface area (TPSA) is 52.6 Å². The van der Waals surface area contributed by atoms with Crippen LogP contribution in [0.2, 0.25) is 0 Å². The Labute approximate surface area is 135 Å². The summed E-state index contributed by atoms with van der Waals surface area (Å²) in [5.74, 6) is 4.21. The van der Waals surface area contributed by atoms with Gasteiger partial charge in [0.1, 0.15) is 6.61 Å². The van der Waals surface area contributed by atoms with Gasteiger partial charge in [0, 0.05) is 11.5 Å². The fraction of sp³-hybridized carbons (Fsp3) is 0.368. The first kappa shape index (κ1) is 15.5. The molecule has 23 heavy (non-hydrogen) atoms. The molecule has 1 fully saturated rings. The molecule has 1 aliphatic heterocycles. The molecule has 0 amide bonds. The lowest BCUT2D eigenvalue weighted by Gasteiger charge is -2.28. The highest BCUT2D eigenvalue weighted by Crippen LogP contribution is 2.40. The SMILES string of the molecule is CC1C=CC(COCC#Cc2ccccc2)C2C(=O)OC(=O)C12. The van der Waals surface area contributed by atoms with Crippen molar-refractivity contribution in [2.24, 2.45) is 23.7 Å². The molecule has 0 radical (unpaired) electrons. The quantitative estimate of drug-likeness (QED) is 0.282. The molecule has 0 aromatic heterocycles. The number of allylic oxidation sites excluding steroid dienone is 1. The second-order valence-corrected chi connectivity index (χ2v) is 5.88. The number of hydrogen-bond donors (Lipinski definition) is 0. The summed E-state index contributed by atoms with van der Waals surface area (Å²) < 4.78 is 10.4. The van der Waals surface area contributed by atoms with E-state index in [2.05, 4.69) is 11.8 Å². The van der Waals surface area contributed by atoms with Crippen LogP contribution in [-0.4, -0.2) is 25.2 Å². The van der Waals surface area contributed by atoms with E-state index >= 15 is 0 Å². The maximum absolute atomic E-state index is 11.9. The van der Waals surface area contributed by atoms with Crippen LogP contribution in [0.15, 0.2) is 42.5 Å². The smallest absolute Gasteiger partial charge is 0.318 e. The molecule has 4 nitrogen and oxygen atoms in total. The van der Waals surface area contributed by atoms with Crippen LogP contribution in [0.1, 0.15) is 12.5 Å². The molecule has 1 aromatic carbocycles. The van der Waals surface area contributed by atoms with Gasteiger partial charge in [-0.1, -0.05) is 49.1 Å². The van der Waals surface area contributed by atoms with E-state index in [0.717, 1.165) is 5.56 Å². The van der Waals surface area contributed by atoms with E-state index in [1.807, 2.05) is 49.4 Å². The number of rotatable bonds is 3. The van der Waals surface area contributed by atoms with Crippen LogP contribution in [-0.2, 0) is 19.1 Å². The highest BCUT2D eigenvalue weighted by Gasteiger charge is 2.51. The average Bonchev–Trinajstić information content (AvgIpc) is 2.86. The predicted molar refractivity (Wildman–Crippen MR) is 84.0 cm³/mol. The van der Waals surface area contributed by atoms with Gasteiger partial charge in [0.2, 0.25) is 0 Å². The number of hydrogen-bond acceptors (Lipinski definition) is 4. The van der Waals surface area contributed by atoms with Gasteiger partial charge in [-0.05, 0) is 18.1 Å². The number of carbonyl (C=O) groups is 2. The van der Waals surface area contributed by atoms with E-state index in [4.69, 9.17) is 9.47 Å². The zero-order valence-corrected chi connectivity index (χ0v) is 12.9. The maximum Gasteiger partial charge on any atom is 0.318 e. The summed E-state index contributed by atoms with van der Waals surface area (Å²) >= 11 is 0. The van der Waals surface area contributed by atoms with Crippen LogP contribution in [0.5, 0.6) is 0 Å². The molecule has 2 aliphatic rings. The molecule has 4 heteroatoms. The van der Waals surface area contributed by atoms with Gasteiger partial charge in [-0.25, -0.2) is 0 Å². The standard InChI is InChI=1S/C19H18O4/c1-13-9-10-15(17-16(13)18(20)23-19(17)21)12-22-11-5-8-14-6-3-2-4-7-14/h2-4,6-7,9-10,13,15-17H,11-12H2,1H3. The molecule has 1 heterocycles. The first-order valence-electron chi connectivity index (χ1n) is 7.72. The van der Waals surface area contributed by atoms with Crippen molar-refractivity contribution in [1.82, 2.24) is 0 Å². The second kappa shape index (κ2) is 6.80. The zero-order valence-electron chi connectivity index (χ0n) is 12.9. The van der Waals surface area contributed by atoms with Crippen molar-refractivity contribution in [3.63, 3.8) is 0 Å². The highest BCUT2D eigenvalue weighted by molar-refractivity contribution is 5.97. The summed E-state index contributed by atoms with van der Waals surface area (Å²) in [6, 6.07) is 9.67. The zero-order chi connectivity index (χ0) is 16.2. The predicted octanol–water partition coefficient (Wildman–Crippen LogP) is 2.19. The maximum atomic E-state index is 11.9. The van der Waals surface area contributed by atoms with Gasteiger partial charge in [0.05, 0.1) is 18.4 Å². The lowest BCUT2D eigenvalue weighted by atomic mass is 9.73. The Morgan fingerprint density at radius 2 is 1.83 bits per heavy atom. The third-order valence-corrected chi connectivity index (χ3v) is 4.31. The Morgan fingerprint density at radius 1 is 1.09 bits per heavy atom. The van der Waals surface area contributed by atoms with Gasteiger partial charge < -0.3 is 9.47 Å². The summed E-state index contributed by atoms with van der Waals surface area (Å²) in [4.78, 5) is 23.7.